The number of ether oxygens (including phenoxy) is 2. The number of alkyl halides is 1. The van der Waals surface area contributed by atoms with Gasteiger partial charge in [-0.1, -0.05) is 22.6 Å². The fourth-order valence-electron chi connectivity index (χ4n) is 0.783. The van der Waals surface area contributed by atoms with E-state index in [1.54, 1.807) is 0 Å². The molecule has 4 heteroatoms. The average Bonchev–Trinajstić information content (AvgIpc) is 1.95. The molecule has 1 rings (SSSR count). The first-order valence-corrected chi connectivity index (χ1v) is 4.71. The molecule has 1 fully saturated rings. The van der Waals surface area contributed by atoms with Crippen molar-refractivity contribution in [3.63, 3.8) is 0 Å². The molecule has 0 spiro atoms. The lowest BCUT2D eigenvalue weighted by Crippen LogP contribution is -2.27. The van der Waals surface area contributed by atoms with Crippen LogP contribution in [0.2, 0.25) is 0 Å². The van der Waals surface area contributed by atoms with Gasteiger partial charge in [-0.2, -0.15) is 0 Å². The molecule has 10 heavy (non-hydrogen) atoms. The SMILES string of the molecule is O=C1OCC(CCI)CO1. The molecule has 0 radical (unpaired) electrons. The Hall–Kier alpha value is -0.0000000000000000555. The van der Waals surface area contributed by atoms with Crippen LogP contribution in [0.25, 0.3) is 0 Å². The Balaban J connectivity index is 2.19. The van der Waals surface area contributed by atoms with Crippen molar-refractivity contribution in [3.8, 4) is 0 Å². The predicted octanol–water partition coefficient (Wildman–Crippen LogP) is 1.59. The number of carbonyl (C=O) groups is 1. The van der Waals surface area contributed by atoms with E-state index in [4.69, 9.17) is 0 Å². The fraction of sp³-hybridized carbons (Fsp3) is 0.833. The number of carbonyl (C=O) groups excluding carboxylic acids is 1. The Labute approximate surface area is 73.2 Å². The Morgan fingerprint density at radius 2 is 2.10 bits per heavy atom. The van der Waals surface area contributed by atoms with E-state index in [1.165, 1.54) is 0 Å². The number of hydrogen-bond donors (Lipinski definition) is 0. The molecule has 0 aromatic heterocycles. The van der Waals surface area contributed by atoms with Crippen molar-refractivity contribution in [1.82, 2.24) is 0 Å². The van der Waals surface area contributed by atoms with Crippen molar-refractivity contribution in [3.05, 3.63) is 0 Å². The van der Waals surface area contributed by atoms with Crippen LogP contribution in [0.4, 0.5) is 4.79 Å². The molecule has 1 heterocycles. The second kappa shape index (κ2) is 4.00. The summed E-state index contributed by atoms with van der Waals surface area (Å²) in [4.78, 5) is 10.4. The highest BCUT2D eigenvalue weighted by molar-refractivity contribution is 14.1. The van der Waals surface area contributed by atoms with E-state index in [0.29, 0.717) is 19.1 Å². The number of rotatable bonds is 2. The lowest BCUT2D eigenvalue weighted by Gasteiger charge is -2.20. The molecule has 0 aromatic carbocycles. The van der Waals surface area contributed by atoms with Gasteiger partial charge in [0.15, 0.2) is 0 Å². The molecule has 3 nitrogen and oxygen atoms in total. The minimum absolute atomic E-state index is 0.412. The zero-order chi connectivity index (χ0) is 7.40. The van der Waals surface area contributed by atoms with Crippen LogP contribution in [-0.4, -0.2) is 23.8 Å². The van der Waals surface area contributed by atoms with E-state index in [-0.39, 0.29) is 0 Å². The van der Waals surface area contributed by atoms with E-state index in [9.17, 15) is 4.79 Å². The first-order chi connectivity index (χ1) is 4.83. The first-order valence-electron chi connectivity index (χ1n) is 3.18. The number of halogens is 1. The van der Waals surface area contributed by atoms with Gasteiger partial charge in [0.05, 0.1) is 0 Å². The molecule has 0 saturated carbocycles. The molecule has 58 valence electrons. The topological polar surface area (TPSA) is 35.5 Å². The predicted molar refractivity (Wildman–Crippen MR) is 44.3 cm³/mol. The molecule has 0 bridgehead atoms. The molecule has 0 unspecified atom stereocenters. The maximum Gasteiger partial charge on any atom is 0.508 e. The van der Waals surface area contributed by atoms with Crippen molar-refractivity contribution in [2.24, 2.45) is 5.92 Å². The zero-order valence-corrected chi connectivity index (χ0v) is 7.67. The van der Waals surface area contributed by atoms with Gasteiger partial charge in [-0.25, -0.2) is 4.79 Å². The maximum absolute atomic E-state index is 10.4. The lowest BCUT2D eigenvalue weighted by atomic mass is 10.1. The van der Waals surface area contributed by atoms with Gasteiger partial charge in [0.2, 0.25) is 0 Å². The monoisotopic (exact) mass is 256 g/mol. The summed E-state index contributed by atoms with van der Waals surface area (Å²) in [5.74, 6) is 0.412. The molecule has 0 aromatic rings. The molecular weight excluding hydrogens is 247 g/mol. The first kappa shape index (κ1) is 8.10. The van der Waals surface area contributed by atoms with Gasteiger partial charge < -0.3 is 9.47 Å². The Kier molecular flexibility index (Phi) is 3.24. The highest BCUT2D eigenvalue weighted by Gasteiger charge is 2.19. The van der Waals surface area contributed by atoms with Crippen molar-refractivity contribution < 1.29 is 14.3 Å². The smallest absolute Gasteiger partial charge is 0.434 e. The number of hydrogen-bond acceptors (Lipinski definition) is 3. The molecule has 0 N–H and O–H groups in total. The van der Waals surface area contributed by atoms with Crippen molar-refractivity contribution in [2.45, 2.75) is 6.42 Å². The maximum atomic E-state index is 10.4. The van der Waals surface area contributed by atoms with Crippen LogP contribution in [0.3, 0.4) is 0 Å². The van der Waals surface area contributed by atoms with Crippen LogP contribution < -0.4 is 0 Å². The quantitative estimate of drug-likeness (QED) is 0.427. The lowest BCUT2D eigenvalue weighted by molar-refractivity contribution is -0.0122. The van der Waals surface area contributed by atoms with E-state index in [0.717, 1.165) is 10.8 Å². The van der Waals surface area contributed by atoms with E-state index < -0.39 is 6.16 Å². The molecule has 0 aliphatic carbocycles. The summed E-state index contributed by atoms with van der Waals surface area (Å²) in [5.41, 5.74) is 0. The summed E-state index contributed by atoms with van der Waals surface area (Å²) in [6, 6.07) is 0. The molecule has 1 aliphatic rings. The highest BCUT2D eigenvalue weighted by Crippen LogP contribution is 2.12. The molecule has 1 aliphatic heterocycles. The summed E-state index contributed by atoms with van der Waals surface area (Å²) < 4.78 is 10.4. The van der Waals surface area contributed by atoms with Crippen molar-refractivity contribution >= 4 is 28.7 Å². The van der Waals surface area contributed by atoms with Gasteiger partial charge in [0.1, 0.15) is 13.2 Å². The van der Waals surface area contributed by atoms with Crippen LogP contribution in [0.15, 0.2) is 0 Å². The average molecular weight is 256 g/mol. The second-order valence-electron chi connectivity index (χ2n) is 2.22. The Morgan fingerprint density at radius 1 is 1.50 bits per heavy atom. The molecule has 0 amide bonds. The van der Waals surface area contributed by atoms with Crippen molar-refractivity contribution in [2.75, 3.05) is 17.6 Å². The van der Waals surface area contributed by atoms with Crippen LogP contribution in [-0.2, 0) is 9.47 Å². The summed E-state index contributed by atoms with van der Waals surface area (Å²) >= 11 is 2.30. The van der Waals surface area contributed by atoms with Gasteiger partial charge in [0, 0.05) is 10.3 Å². The van der Waals surface area contributed by atoms with Gasteiger partial charge in [-0.15, -0.1) is 0 Å². The molecule has 0 atom stereocenters. The standard InChI is InChI=1S/C6H9IO3/c7-2-1-5-3-9-6(8)10-4-5/h5H,1-4H2. The third-order valence-electron chi connectivity index (χ3n) is 1.39. The minimum atomic E-state index is -0.523. The van der Waals surface area contributed by atoms with E-state index in [1.807, 2.05) is 0 Å². The number of cyclic esters (lactones) is 2. The van der Waals surface area contributed by atoms with Crippen LogP contribution in [0, 0.1) is 5.92 Å². The van der Waals surface area contributed by atoms with Gasteiger partial charge in [-0.3, -0.25) is 0 Å². The van der Waals surface area contributed by atoms with Crippen LogP contribution >= 0.6 is 22.6 Å². The summed E-state index contributed by atoms with van der Waals surface area (Å²) in [6.07, 6.45) is 0.540. The van der Waals surface area contributed by atoms with Crippen LogP contribution in [0.1, 0.15) is 6.42 Å². The van der Waals surface area contributed by atoms with Crippen LogP contribution in [0.5, 0.6) is 0 Å². The van der Waals surface area contributed by atoms with E-state index in [2.05, 4.69) is 32.1 Å². The summed E-state index contributed by atoms with van der Waals surface area (Å²) in [5, 5.41) is 0. The van der Waals surface area contributed by atoms with Gasteiger partial charge >= 0.3 is 6.16 Å². The largest absolute Gasteiger partial charge is 0.508 e. The van der Waals surface area contributed by atoms with Gasteiger partial charge in [-0.05, 0) is 6.42 Å². The molecule has 1 saturated heterocycles. The third-order valence-corrected chi connectivity index (χ3v) is 2.01. The highest BCUT2D eigenvalue weighted by atomic mass is 127. The fourth-order valence-corrected chi connectivity index (χ4v) is 1.66. The Bertz CT molecular complexity index is 116. The summed E-state index contributed by atoms with van der Waals surface area (Å²) in [6.45, 7) is 1.06. The second-order valence-corrected chi connectivity index (χ2v) is 3.29. The van der Waals surface area contributed by atoms with Crippen molar-refractivity contribution in [1.29, 1.82) is 0 Å². The van der Waals surface area contributed by atoms with Gasteiger partial charge in [0.25, 0.3) is 0 Å². The minimum Gasteiger partial charge on any atom is -0.434 e. The Morgan fingerprint density at radius 3 is 2.60 bits per heavy atom. The normalized spacial score (nSPS) is 19.9. The van der Waals surface area contributed by atoms with E-state index >= 15 is 0 Å². The molecular formula is C6H9IO3. The third kappa shape index (κ3) is 2.32. The zero-order valence-electron chi connectivity index (χ0n) is 5.51. The summed E-state index contributed by atoms with van der Waals surface area (Å²) in [7, 11) is 0.